The molecule has 1 aliphatic carbocycles. The largest absolute Gasteiger partial charge is 0.323 e. The van der Waals surface area contributed by atoms with Gasteiger partial charge in [0.2, 0.25) is 5.91 Å². The van der Waals surface area contributed by atoms with Crippen molar-refractivity contribution in [2.24, 2.45) is 0 Å². The minimum absolute atomic E-state index is 0.137. The molecule has 2 rings (SSSR count). The molecule has 0 aromatic carbocycles. The first-order chi connectivity index (χ1) is 7.64. The quantitative estimate of drug-likeness (QED) is 0.777. The van der Waals surface area contributed by atoms with E-state index in [2.05, 4.69) is 31.0 Å². The van der Waals surface area contributed by atoms with Crippen LogP contribution >= 0.6 is 0 Å². The predicted octanol–water partition coefficient (Wildman–Crippen LogP) is 2.27. The lowest BCUT2D eigenvalue weighted by Gasteiger charge is -2.30. The highest BCUT2D eigenvalue weighted by Crippen LogP contribution is 2.43. The zero-order valence-electron chi connectivity index (χ0n) is 10.8. The molecule has 1 spiro atoms. The highest BCUT2D eigenvalue weighted by Gasteiger charge is 2.59. The Morgan fingerprint density at radius 2 is 2.12 bits per heavy atom. The first-order valence-electron chi connectivity index (χ1n) is 6.75. The highest BCUT2D eigenvalue weighted by atomic mass is 16.2. The van der Waals surface area contributed by atoms with Gasteiger partial charge in [-0.25, -0.2) is 0 Å². The second-order valence-electron chi connectivity index (χ2n) is 5.38. The Balaban J connectivity index is 2.09. The molecule has 1 amide bonds. The van der Waals surface area contributed by atoms with Crippen LogP contribution in [0.1, 0.15) is 59.3 Å². The molecule has 1 N–H and O–H groups in total. The fraction of sp³-hybridized carbons (Fsp3) is 0.923. The second kappa shape index (κ2) is 4.36. The van der Waals surface area contributed by atoms with Gasteiger partial charge in [-0.2, -0.15) is 0 Å². The van der Waals surface area contributed by atoms with E-state index in [1.807, 2.05) is 0 Å². The monoisotopic (exact) mass is 224 g/mol. The molecule has 0 aromatic rings. The number of hydrogen-bond acceptors (Lipinski definition) is 2. The summed E-state index contributed by atoms with van der Waals surface area (Å²) in [4.78, 5) is 14.5. The summed E-state index contributed by atoms with van der Waals surface area (Å²) in [6, 6.07) is 0.390. The van der Waals surface area contributed by atoms with Crippen LogP contribution in [-0.4, -0.2) is 28.6 Å². The van der Waals surface area contributed by atoms with Crippen LogP contribution in [0.15, 0.2) is 0 Å². The predicted molar refractivity (Wildman–Crippen MR) is 65.0 cm³/mol. The van der Waals surface area contributed by atoms with E-state index >= 15 is 0 Å². The van der Waals surface area contributed by atoms with Gasteiger partial charge in [0, 0.05) is 6.04 Å². The Bertz CT molecular complexity index is 273. The Labute approximate surface area is 98.6 Å². The summed E-state index contributed by atoms with van der Waals surface area (Å²) in [7, 11) is 0. The molecule has 2 aliphatic rings. The zero-order chi connectivity index (χ0) is 11.8. The van der Waals surface area contributed by atoms with Crippen LogP contribution in [0.3, 0.4) is 0 Å². The highest BCUT2D eigenvalue weighted by molar-refractivity contribution is 5.92. The summed E-state index contributed by atoms with van der Waals surface area (Å²) in [6.07, 6.45) is 6.86. The molecule has 0 aromatic heterocycles. The molecule has 3 heteroatoms. The van der Waals surface area contributed by atoms with Gasteiger partial charge in [-0.15, -0.1) is 0 Å². The molecule has 2 atom stereocenters. The third-order valence-corrected chi connectivity index (χ3v) is 3.92. The molecule has 0 radical (unpaired) electrons. The van der Waals surface area contributed by atoms with Gasteiger partial charge in [0.1, 0.15) is 0 Å². The molecule has 2 unspecified atom stereocenters. The molecular weight excluding hydrogens is 200 g/mol. The SMILES string of the molecule is CCCC(C)N1C(=O)C2(CC2)NC1CCC. The number of amides is 1. The van der Waals surface area contributed by atoms with Gasteiger partial charge >= 0.3 is 0 Å². The smallest absolute Gasteiger partial charge is 0.244 e. The average Bonchev–Trinajstić information content (AvgIpc) is 2.94. The lowest BCUT2D eigenvalue weighted by molar-refractivity contribution is -0.132. The van der Waals surface area contributed by atoms with Crippen molar-refractivity contribution in [2.75, 3.05) is 0 Å². The van der Waals surface area contributed by atoms with E-state index in [4.69, 9.17) is 0 Å². The number of nitrogens with one attached hydrogen (secondary N) is 1. The fourth-order valence-corrected chi connectivity index (χ4v) is 2.87. The Kier molecular flexibility index (Phi) is 3.24. The van der Waals surface area contributed by atoms with E-state index in [9.17, 15) is 4.79 Å². The lowest BCUT2D eigenvalue weighted by Crippen LogP contribution is -2.43. The van der Waals surface area contributed by atoms with Gasteiger partial charge in [0.15, 0.2) is 0 Å². The van der Waals surface area contributed by atoms with Crippen molar-refractivity contribution in [2.45, 2.75) is 77.0 Å². The van der Waals surface area contributed by atoms with Crippen LogP contribution in [0.2, 0.25) is 0 Å². The van der Waals surface area contributed by atoms with E-state index in [1.54, 1.807) is 0 Å². The number of rotatable bonds is 5. The summed E-state index contributed by atoms with van der Waals surface area (Å²) in [5.41, 5.74) is -0.137. The maximum Gasteiger partial charge on any atom is 0.244 e. The first kappa shape index (κ1) is 11.9. The van der Waals surface area contributed by atoms with Crippen LogP contribution in [0.25, 0.3) is 0 Å². The van der Waals surface area contributed by atoms with Crippen LogP contribution in [0.5, 0.6) is 0 Å². The van der Waals surface area contributed by atoms with Gasteiger partial charge in [-0.05, 0) is 32.6 Å². The maximum absolute atomic E-state index is 12.4. The zero-order valence-corrected chi connectivity index (χ0v) is 10.8. The molecule has 16 heavy (non-hydrogen) atoms. The van der Waals surface area contributed by atoms with Crippen molar-refractivity contribution in [3.8, 4) is 0 Å². The molecule has 1 saturated heterocycles. The van der Waals surface area contributed by atoms with Crippen LogP contribution in [0, 0.1) is 0 Å². The fourth-order valence-electron chi connectivity index (χ4n) is 2.87. The summed E-state index contributed by atoms with van der Waals surface area (Å²) in [5.74, 6) is 0.368. The summed E-state index contributed by atoms with van der Waals surface area (Å²) in [6.45, 7) is 6.56. The van der Waals surface area contributed by atoms with E-state index in [0.717, 1.165) is 38.5 Å². The molecule has 3 nitrogen and oxygen atoms in total. The van der Waals surface area contributed by atoms with Crippen molar-refractivity contribution in [3.05, 3.63) is 0 Å². The minimum Gasteiger partial charge on any atom is -0.323 e. The Hall–Kier alpha value is -0.570. The van der Waals surface area contributed by atoms with Gasteiger partial charge in [0.05, 0.1) is 11.7 Å². The number of carbonyl (C=O) groups is 1. The topological polar surface area (TPSA) is 32.3 Å². The summed E-state index contributed by atoms with van der Waals surface area (Å²) in [5, 5.41) is 3.56. The van der Waals surface area contributed by atoms with Crippen LogP contribution < -0.4 is 5.32 Å². The van der Waals surface area contributed by atoms with Crippen molar-refractivity contribution in [3.63, 3.8) is 0 Å². The van der Waals surface area contributed by atoms with Crippen LogP contribution in [-0.2, 0) is 4.79 Å². The third kappa shape index (κ3) is 1.86. The maximum atomic E-state index is 12.4. The van der Waals surface area contributed by atoms with Gasteiger partial charge < -0.3 is 4.90 Å². The Morgan fingerprint density at radius 3 is 2.62 bits per heavy atom. The Morgan fingerprint density at radius 1 is 1.44 bits per heavy atom. The molecule has 92 valence electrons. The van der Waals surface area contributed by atoms with Gasteiger partial charge in [0.25, 0.3) is 0 Å². The van der Waals surface area contributed by atoms with Crippen molar-refractivity contribution in [1.82, 2.24) is 10.2 Å². The molecule has 1 heterocycles. The molecule has 2 fully saturated rings. The van der Waals surface area contributed by atoms with Crippen molar-refractivity contribution in [1.29, 1.82) is 0 Å². The third-order valence-electron chi connectivity index (χ3n) is 3.92. The number of hydrogen-bond donors (Lipinski definition) is 1. The van der Waals surface area contributed by atoms with Crippen molar-refractivity contribution >= 4 is 5.91 Å². The van der Waals surface area contributed by atoms with Crippen LogP contribution in [0.4, 0.5) is 0 Å². The molecular formula is C13H24N2O. The number of carbonyl (C=O) groups excluding carboxylic acids is 1. The van der Waals surface area contributed by atoms with E-state index in [0.29, 0.717) is 18.1 Å². The minimum atomic E-state index is -0.137. The molecule has 0 bridgehead atoms. The average molecular weight is 224 g/mol. The molecule has 1 aliphatic heterocycles. The standard InChI is InChI=1S/C13H24N2O/c1-4-6-10(3)15-11(7-5-2)14-13(8-9-13)12(15)16/h10-11,14H,4-9H2,1-3H3. The van der Waals surface area contributed by atoms with Gasteiger partial charge in [-0.1, -0.05) is 26.7 Å². The number of nitrogens with zero attached hydrogens (tertiary/aromatic N) is 1. The first-order valence-corrected chi connectivity index (χ1v) is 6.75. The van der Waals surface area contributed by atoms with Gasteiger partial charge in [-0.3, -0.25) is 10.1 Å². The van der Waals surface area contributed by atoms with E-state index in [1.165, 1.54) is 0 Å². The van der Waals surface area contributed by atoms with Crippen molar-refractivity contribution < 1.29 is 4.79 Å². The van der Waals surface area contributed by atoms with E-state index < -0.39 is 0 Å². The second-order valence-corrected chi connectivity index (χ2v) is 5.38. The van der Waals surface area contributed by atoms with E-state index in [-0.39, 0.29) is 5.54 Å². The summed E-state index contributed by atoms with van der Waals surface area (Å²) < 4.78 is 0. The summed E-state index contributed by atoms with van der Waals surface area (Å²) >= 11 is 0. The lowest BCUT2D eigenvalue weighted by atomic mass is 10.1. The molecule has 1 saturated carbocycles. The normalized spacial score (nSPS) is 28.8.